The van der Waals surface area contributed by atoms with Crippen LogP contribution in [0.15, 0.2) is 0 Å². The van der Waals surface area contributed by atoms with Crippen molar-refractivity contribution in [1.82, 2.24) is 0 Å². The highest BCUT2D eigenvalue weighted by Gasteiger charge is 2.22. The first kappa shape index (κ1) is 16.4. The molecule has 0 amide bonds. The first-order chi connectivity index (χ1) is 8.86. The molecule has 0 radical (unpaired) electrons. The van der Waals surface area contributed by atoms with Gasteiger partial charge in [-0.15, -0.1) is 0 Å². The van der Waals surface area contributed by atoms with Gasteiger partial charge in [-0.2, -0.15) is 11.8 Å². The molecule has 2 heteroatoms. The summed E-state index contributed by atoms with van der Waals surface area (Å²) in [5.74, 6) is 0. The van der Waals surface area contributed by atoms with E-state index in [-0.39, 0.29) is 0 Å². The largest absolute Gasteiger partial charge is 0.379 e. The van der Waals surface area contributed by atoms with Crippen LogP contribution >= 0.6 is 11.8 Å². The number of rotatable bonds is 10. The fraction of sp³-hybridized carbons (Fsp3) is 1.00. The second-order valence-electron chi connectivity index (χ2n) is 5.62. The molecule has 0 N–H and O–H groups in total. The minimum atomic E-state index is 0.784. The number of hydrogen-bond acceptors (Lipinski definition) is 2. The highest BCUT2D eigenvalue weighted by molar-refractivity contribution is 8.00. The average Bonchev–Trinajstić information content (AvgIpc) is 2.40. The molecule has 1 rings (SSSR count). The van der Waals surface area contributed by atoms with Gasteiger partial charge in [0.05, 0.1) is 13.2 Å². The average molecular weight is 272 g/mol. The Hall–Kier alpha value is 0.310. The van der Waals surface area contributed by atoms with Gasteiger partial charge in [-0.3, -0.25) is 0 Å². The van der Waals surface area contributed by atoms with E-state index in [4.69, 9.17) is 4.74 Å². The van der Waals surface area contributed by atoms with Crippen molar-refractivity contribution in [2.24, 2.45) is 0 Å². The molecule has 2 atom stereocenters. The second kappa shape index (κ2) is 11.2. The zero-order valence-corrected chi connectivity index (χ0v) is 13.3. The molecule has 0 saturated carbocycles. The lowest BCUT2D eigenvalue weighted by molar-refractivity contribution is 0.122. The monoisotopic (exact) mass is 272 g/mol. The number of ether oxygens (including phenoxy) is 1. The van der Waals surface area contributed by atoms with Crippen LogP contribution in [0.2, 0.25) is 0 Å². The molecule has 1 aliphatic heterocycles. The fourth-order valence-corrected chi connectivity index (χ4v) is 4.08. The zero-order chi connectivity index (χ0) is 13.1. The summed E-state index contributed by atoms with van der Waals surface area (Å²) in [6.07, 6.45) is 13.9. The Morgan fingerprint density at radius 1 is 0.778 bits per heavy atom. The van der Waals surface area contributed by atoms with Crippen molar-refractivity contribution in [1.29, 1.82) is 0 Å². The normalized spacial score (nSPS) is 24.3. The molecule has 0 bridgehead atoms. The van der Waals surface area contributed by atoms with E-state index >= 15 is 0 Å². The molecule has 1 nitrogen and oxygen atoms in total. The topological polar surface area (TPSA) is 9.23 Å². The molecule has 1 aliphatic rings. The van der Waals surface area contributed by atoms with E-state index < -0.39 is 0 Å². The molecule has 1 heterocycles. The lowest BCUT2D eigenvalue weighted by atomic mass is 10.1. The standard InChI is InChI=1S/C16H32OS/c1-3-5-7-9-11-15-13-17-14-16(18-15)12-10-8-6-4-2/h15-16H,3-14H2,1-2H3. The van der Waals surface area contributed by atoms with Crippen LogP contribution in [-0.4, -0.2) is 23.7 Å². The smallest absolute Gasteiger partial charge is 0.0585 e. The Kier molecular flexibility index (Phi) is 10.1. The van der Waals surface area contributed by atoms with Crippen LogP contribution in [0, 0.1) is 0 Å². The lowest BCUT2D eigenvalue weighted by Crippen LogP contribution is -2.27. The third kappa shape index (κ3) is 7.68. The molecule has 18 heavy (non-hydrogen) atoms. The van der Waals surface area contributed by atoms with Crippen LogP contribution in [0.25, 0.3) is 0 Å². The van der Waals surface area contributed by atoms with Gasteiger partial charge < -0.3 is 4.74 Å². The van der Waals surface area contributed by atoms with E-state index in [1.54, 1.807) is 0 Å². The third-order valence-corrected chi connectivity index (χ3v) is 5.27. The van der Waals surface area contributed by atoms with E-state index in [0.717, 1.165) is 23.7 Å². The summed E-state index contributed by atoms with van der Waals surface area (Å²) in [5, 5.41) is 1.57. The van der Waals surface area contributed by atoms with Crippen LogP contribution in [0.4, 0.5) is 0 Å². The van der Waals surface area contributed by atoms with Gasteiger partial charge in [0.1, 0.15) is 0 Å². The highest BCUT2D eigenvalue weighted by Crippen LogP contribution is 2.30. The van der Waals surface area contributed by atoms with Crippen LogP contribution in [0.5, 0.6) is 0 Å². The summed E-state index contributed by atoms with van der Waals surface area (Å²) >= 11 is 2.22. The SMILES string of the molecule is CCCCCCC1COCC(CCCCCC)S1. The van der Waals surface area contributed by atoms with Crippen LogP contribution in [0.3, 0.4) is 0 Å². The van der Waals surface area contributed by atoms with Crippen molar-refractivity contribution in [3.63, 3.8) is 0 Å². The van der Waals surface area contributed by atoms with E-state index in [2.05, 4.69) is 25.6 Å². The third-order valence-electron chi connectivity index (χ3n) is 3.75. The van der Waals surface area contributed by atoms with Gasteiger partial charge in [0.25, 0.3) is 0 Å². The molecular weight excluding hydrogens is 240 g/mol. The summed E-state index contributed by atoms with van der Waals surface area (Å²) in [4.78, 5) is 0. The maximum absolute atomic E-state index is 5.79. The molecule has 2 unspecified atom stereocenters. The van der Waals surface area contributed by atoms with E-state index in [9.17, 15) is 0 Å². The summed E-state index contributed by atoms with van der Waals surface area (Å²) in [5.41, 5.74) is 0. The maximum atomic E-state index is 5.79. The predicted octanol–water partition coefficient (Wildman–Crippen LogP) is 5.43. The Balaban J connectivity index is 2.04. The molecule has 1 fully saturated rings. The van der Waals surface area contributed by atoms with Crippen molar-refractivity contribution in [2.45, 2.75) is 88.6 Å². The van der Waals surface area contributed by atoms with E-state index in [1.165, 1.54) is 64.2 Å². The van der Waals surface area contributed by atoms with Crippen molar-refractivity contribution >= 4 is 11.8 Å². The Morgan fingerprint density at radius 3 is 1.72 bits per heavy atom. The quantitative estimate of drug-likeness (QED) is 0.491. The van der Waals surface area contributed by atoms with Gasteiger partial charge in [-0.05, 0) is 12.8 Å². The van der Waals surface area contributed by atoms with E-state index in [1.807, 2.05) is 0 Å². The summed E-state index contributed by atoms with van der Waals surface area (Å²) in [6, 6.07) is 0. The summed E-state index contributed by atoms with van der Waals surface area (Å²) in [6.45, 7) is 6.57. The highest BCUT2D eigenvalue weighted by atomic mass is 32.2. The van der Waals surface area contributed by atoms with Crippen molar-refractivity contribution < 1.29 is 4.74 Å². The first-order valence-electron chi connectivity index (χ1n) is 8.10. The molecule has 0 spiro atoms. The maximum Gasteiger partial charge on any atom is 0.0585 e. The van der Waals surface area contributed by atoms with Gasteiger partial charge in [0.2, 0.25) is 0 Å². The number of unbranched alkanes of at least 4 members (excludes halogenated alkanes) is 6. The van der Waals surface area contributed by atoms with Gasteiger partial charge in [0, 0.05) is 10.5 Å². The first-order valence-corrected chi connectivity index (χ1v) is 9.04. The van der Waals surface area contributed by atoms with Gasteiger partial charge in [0.15, 0.2) is 0 Å². The molecule has 0 aromatic carbocycles. The summed E-state index contributed by atoms with van der Waals surface area (Å²) in [7, 11) is 0. The molecule has 0 aromatic heterocycles. The van der Waals surface area contributed by atoms with Crippen LogP contribution < -0.4 is 0 Å². The minimum Gasteiger partial charge on any atom is -0.379 e. The van der Waals surface area contributed by atoms with Crippen LogP contribution in [0.1, 0.15) is 78.1 Å². The Bertz CT molecular complexity index is 166. The number of thioether (sulfide) groups is 1. The Morgan fingerprint density at radius 2 is 1.28 bits per heavy atom. The van der Waals surface area contributed by atoms with E-state index in [0.29, 0.717) is 0 Å². The van der Waals surface area contributed by atoms with Gasteiger partial charge in [-0.1, -0.05) is 65.2 Å². The predicted molar refractivity (Wildman–Crippen MR) is 83.5 cm³/mol. The zero-order valence-electron chi connectivity index (χ0n) is 12.5. The fourth-order valence-electron chi connectivity index (χ4n) is 2.58. The molecule has 0 aromatic rings. The Labute approximate surface area is 118 Å². The van der Waals surface area contributed by atoms with Crippen molar-refractivity contribution in [3.8, 4) is 0 Å². The second-order valence-corrected chi connectivity index (χ2v) is 7.22. The molecule has 108 valence electrons. The van der Waals surface area contributed by atoms with Crippen LogP contribution in [-0.2, 0) is 4.74 Å². The molecule has 0 aliphatic carbocycles. The molecular formula is C16H32OS. The lowest BCUT2D eigenvalue weighted by Gasteiger charge is -2.29. The van der Waals surface area contributed by atoms with Crippen molar-refractivity contribution in [2.75, 3.05) is 13.2 Å². The van der Waals surface area contributed by atoms with Gasteiger partial charge >= 0.3 is 0 Å². The number of hydrogen-bond donors (Lipinski definition) is 0. The van der Waals surface area contributed by atoms with Gasteiger partial charge in [-0.25, -0.2) is 0 Å². The minimum absolute atomic E-state index is 0.784. The van der Waals surface area contributed by atoms with Crippen molar-refractivity contribution in [3.05, 3.63) is 0 Å². The summed E-state index contributed by atoms with van der Waals surface area (Å²) < 4.78 is 5.79. The molecule has 1 saturated heterocycles.